The van der Waals surface area contributed by atoms with Gasteiger partial charge >= 0.3 is 0 Å². The number of rotatable bonds is 4. The number of nitrogens with one attached hydrogen (secondary N) is 2. The average molecular weight is 259 g/mol. The third-order valence-electron chi connectivity index (χ3n) is 2.94. The van der Waals surface area contributed by atoms with Gasteiger partial charge in [-0.25, -0.2) is 4.98 Å². The SMILES string of the molecule is CNc1ccc(C(=O)N(C)Cc2ncn[nH]2)cc1C. The van der Waals surface area contributed by atoms with Gasteiger partial charge in [-0.2, -0.15) is 5.10 Å². The predicted octanol–water partition coefficient (Wildman–Crippen LogP) is 1.43. The normalized spacial score (nSPS) is 10.3. The summed E-state index contributed by atoms with van der Waals surface area (Å²) >= 11 is 0. The standard InChI is InChI=1S/C13H17N5O/c1-9-6-10(4-5-11(9)14-2)13(19)18(3)7-12-15-8-16-17-12/h4-6,8,14H,7H2,1-3H3,(H,15,16,17). The largest absolute Gasteiger partial charge is 0.388 e. The first-order valence-corrected chi connectivity index (χ1v) is 6.00. The van der Waals surface area contributed by atoms with Crippen molar-refractivity contribution < 1.29 is 4.79 Å². The average Bonchev–Trinajstić information content (AvgIpc) is 2.90. The Hall–Kier alpha value is -2.37. The van der Waals surface area contributed by atoms with Crippen LogP contribution in [0.25, 0.3) is 0 Å². The van der Waals surface area contributed by atoms with E-state index in [9.17, 15) is 4.79 Å². The second-order valence-corrected chi connectivity index (χ2v) is 4.37. The van der Waals surface area contributed by atoms with E-state index in [0.29, 0.717) is 17.9 Å². The van der Waals surface area contributed by atoms with Gasteiger partial charge in [0.05, 0.1) is 6.54 Å². The summed E-state index contributed by atoms with van der Waals surface area (Å²) in [5, 5.41) is 9.58. The Bertz CT molecular complexity index is 564. The van der Waals surface area contributed by atoms with E-state index >= 15 is 0 Å². The lowest BCUT2D eigenvalue weighted by atomic mass is 10.1. The molecule has 0 unspecified atom stereocenters. The van der Waals surface area contributed by atoms with Crippen LogP contribution in [-0.2, 0) is 6.54 Å². The third-order valence-corrected chi connectivity index (χ3v) is 2.94. The summed E-state index contributed by atoms with van der Waals surface area (Å²) in [4.78, 5) is 17.9. The maximum Gasteiger partial charge on any atom is 0.254 e. The molecule has 100 valence electrons. The summed E-state index contributed by atoms with van der Waals surface area (Å²) in [6.45, 7) is 2.38. The number of H-pyrrole nitrogens is 1. The molecular weight excluding hydrogens is 242 g/mol. The fourth-order valence-corrected chi connectivity index (χ4v) is 1.90. The predicted molar refractivity (Wildman–Crippen MR) is 72.9 cm³/mol. The molecule has 1 heterocycles. The van der Waals surface area contributed by atoms with Crippen molar-refractivity contribution in [1.82, 2.24) is 20.1 Å². The molecule has 0 saturated heterocycles. The third kappa shape index (κ3) is 2.90. The van der Waals surface area contributed by atoms with Crippen LogP contribution in [0, 0.1) is 6.92 Å². The Labute approximate surface area is 111 Å². The number of hydrogen-bond donors (Lipinski definition) is 2. The summed E-state index contributed by atoms with van der Waals surface area (Å²) < 4.78 is 0. The molecule has 0 aliphatic carbocycles. The molecule has 2 N–H and O–H groups in total. The molecule has 0 aliphatic heterocycles. The molecule has 0 bridgehead atoms. The smallest absolute Gasteiger partial charge is 0.254 e. The Morgan fingerprint density at radius 1 is 1.47 bits per heavy atom. The molecule has 1 aromatic carbocycles. The highest BCUT2D eigenvalue weighted by atomic mass is 16.2. The van der Waals surface area contributed by atoms with Crippen LogP contribution in [0.5, 0.6) is 0 Å². The van der Waals surface area contributed by atoms with Crippen LogP contribution >= 0.6 is 0 Å². The molecule has 1 aromatic heterocycles. The molecule has 6 nitrogen and oxygen atoms in total. The van der Waals surface area contributed by atoms with Gasteiger partial charge in [0.1, 0.15) is 12.2 Å². The van der Waals surface area contributed by atoms with Gasteiger partial charge in [-0.05, 0) is 30.7 Å². The molecule has 0 saturated carbocycles. The summed E-state index contributed by atoms with van der Waals surface area (Å²) in [6, 6.07) is 5.61. The lowest BCUT2D eigenvalue weighted by molar-refractivity contribution is 0.0781. The second kappa shape index (κ2) is 5.51. The molecule has 0 spiro atoms. The van der Waals surface area contributed by atoms with Crippen molar-refractivity contribution >= 4 is 11.6 Å². The number of aromatic nitrogens is 3. The van der Waals surface area contributed by atoms with E-state index in [1.807, 2.05) is 32.2 Å². The van der Waals surface area contributed by atoms with Crippen LogP contribution in [0.3, 0.4) is 0 Å². The van der Waals surface area contributed by atoms with Crippen molar-refractivity contribution in [3.63, 3.8) is 0 Å². The molecule has 0 radical (unpaired) electrons. The number of carbonyl (C=O) groups is 1. The number of carbonyl (C=O) groups excluding carboxylic acids is 1. The van der Waals surface area contributed by atoms with Gasteiger partial charge in [-0.15, -0.1) is 0 Å². The van der Waals surface area contributed by atoms with Crippen LogP contribution in [0.15, 0.2) is 24.5 Å². The van der Waals surface area contributed by atoms with Crippen LogP contribution in [-0.4, -0.2) is 40.1 Å². The van der Waals surface area contributed by atoms with Crippen molar-refractivity contribution in [3.8, 4) is 0 Å². The Morgan fingerprint density at radius 3 is 2.84 bits per heavy atom. The van der Waals surface area contributed by atoms with Gasteiger partial charge in [0.2, 0.25) is 0 Å². The van der Waals surface area contributed by atoms with E-state index in [4.69, 9.17) is 0 Å². The van der Waals surface area contributed by atoms with Gasteiger partial charge in [0.15, 0.2) is 0 Å². The maximum absolute atomic E-state index is 12.3. The zero-order valence-electron chi connectivity index (χ0n) is 11.3. The fraction of sp³-hybridized carbons (Fsp3) is 0.308. The second-order valence-electron chi connectivity index (χ2n) is 4.37. The molecule has 2 aromatic rings. The number of amides is 1. The monoisotopic (exact) mass is 259 g/mol. The Balaban J connectivity index is 2.12. The van der Waals surface area contributed by atoms with Crippen molar-refractivity contribution in [2.75, 3.05) is 19.4 Å². The first-order chi connectivity index (χ1) is 9.11. The van der Waals surface area contributed by atoms with Crippen LogP contribution in [0.2, 0.25) is 0 Å². The zero-order valence-corrected chi connectivity index (χ0v) is 11.3. The lowest BCUT2D eigenvalue weighted by Gasteiger charge is -2.16. The summed E-state index contributed by atoms with van der Waals surface area (Å²) in [7, 11) is 3.60. The first-order valence-electron chi connectivity index (χ1n) is 6.00. The first kappa shape index (κ1) is 13.1. The summed E-state index contributed by atoms with van der Waals surface area (Å²) in [6.07, 6.45) is 1.43. The summed E-state index contributed by atoms with van der Waals surface area (Å²) in [5.41, 5.74) is 2.73. The van der Waals surface area contributed by atoms with Gasteiger partial charge in [0.25, 0.3) is 5.91 Å². The molecule has 6 heteroatoms. The van der Waals surface area contributed by atoms with Crippen LogP contribution in [0.1, 0.15) is 21.7 Å². The lowest BCUT2D eigenvalue weighted by Crippen LogP contribution is -2.26. The van der Waals surface area contributed by atoms with Crippen molar-refractivity contribution in [2.24, 2.45) is 0 Å². The zero-order chi connectivity index (χ0) is 13.8. The van der Waals surface area contributed by atoms with Gasteiger partial charge in [-0.1, -0.05) is 0 Å². The highest BCUT2D eigenvalue weighted by molar-refractivity contribution is 5.94. The highest BCUT2D eigenvalue weighted by Crippen LogP contribution is 2.17. The number of benzene rings is 1. The van der Waals surface area contributed by atoms with E-state index < -0.39 is 0 Å². The van der Waals surface area contributed by atoms with Gasteiger partial charge in [-0.3, -0.25) is 9.89 Å². The topological polar surface area (TPSA) is 73.9 Å². The molecule has 1 amide bonds. The minimum Gasteiger partial charge on any atom is -0.388 e. The maximum atomic E-state index is 12.3. The summed E-state index contributed by atoms with van der Waals surface area (Å²) in [5.74, 6) is 0.626. The molecule has 0 atom stereocenters. The van der Waals surface area contributed by atoms with Gasteiger partial charge < -0.3 is 10.2 Å². The van der Waals surface area contributed by atoms with Crippen molar-refractivity contribution in [1.29, 1.82) is 0 Å². The van der Waals surface area contributed by atoms with E-state index in [1.54, 1.807) is 11.9 Å². The quantitative estimate of drug-likeness (QED) is 0.871. The number of nitrogens with zero attached hydrogens (tertiary/aromatic N) is 3. The van der Waals surface area contributed by atoms with E-state index in [2.05, 4.69) is 20.5 Å². The number of anilines is 1. The van der Waals surface area contributed by atoms with Crippen molar-refractivity contribution in [2.45, 2.75) is 13.5 Å². The van der Waals surface area contributed by atoms with Gasteiger partial charge in [0, 0.05) is 25.3 Å². The molecule has 19 heavy (non-hydrogen) atoms. The van der Waals surface area contributed by atoms with Crippen molar-refractivity contribution in [3.05, 3.63) is 41.5 Å². The Morgan fingerprint density at radius 2 is 2.26 bits per heavy atom. The van der Waals surface area contributed by atoms with Crippen LogP contribution < -0.4 is 5.32 Å². The van der Waals surface area contributed by atoms with E-state index in [1.165, 1.54) is 6.33 Å². The fourth-order valence-electron chi connectivity index (χ4n) is 1.90. The molecule has 0 aliphatic rings. The minimum absolute atomic E-state index is 0.0397. The molecule has 0 fully saturated rings. The van der Waals surface area contributed by atoms with Crippen LogP contribution in [0.4, 0.5) is 5.69 Å². The molecular formula is C13H17N5O. The van der Waals surface area contributed by atoms with E-state index in [-0.39, 0.29) is 5.91 Å². The number of aromatic amines is 1. The Kier molecular flexibility index (Phi) is 3.79. The minimum atomic E-state index is -0.0397. The highest BCUT2D eigenvalue weighted by Gasteiger charge is 2.14. The van der Waals surface area contributed by atoms with E-state index in [0.717, 1.165) is 11.3 Å². The molecule has 2 rings (SSSR count). The number of aryl methyl sites for hydroxylation is 1. The number of hydrogen-bond acceptors (Lipinski definition) is 4.